The van der Waals surface area contributed by atoms with E-state index in [-0.39, 0.29) is 17.0 Å². The van der Waals surface area contributed by atoms with Crippen LogP contribution in [0.4, 0.5) is 10.7 Å². The number of hydrogen-bond acceptors (Lipinski definition) is 9. The number of anilines is 2. The predicted octanol–water partition coefficient (Wildman–Crippen LogP) is 8.33. The molecule has 5 rings (SSSR count). The molecule has 2 atom stereocenters. The molecule has 4 aromatic rings. The molecule has 1 heterocycles. The van der Waals surface area contributed by atoms with Crippen molar-refractivity contribution in [1.82, 2.24) is 5.32 Å². The van der Waals surface area contributed by atoms with Crippen LogP contribution in [-0.2, 0) is 22.4 Å². The van der Waals surface area contributed by atoms with Gasteiger partial charge in [0.2, 0.25) is 11.7 Å². The molecule has 0 radical (unpaired) electrons. The largest absolute Gasteiger partial charge is 0.493 e. The van der Waals surface area contributed by atoms with Crippen LogP contribution in [0, 0.1) is 22.7 Å². The van der Waals surface area contributed by atoms with Crippen molar-refractivity contribution in [3.8, 4) is 23.3 Å². The number of benzene rings is 3. The van der Waals surface area contributed by atoms with Crippen LogP contribution in [-0.4, -0.2) is 44.3 Å². The summed E-state index contributed by atoms with van der Waals surface area (Å²) >= 11 is 2.84. The quantitative estimate of drug-likeness (QED) is 0.0971. The van der Waals surface area contributed by atoms with Gasteiger partial charge in [-0.2, -0.15) is 5.26 Å². The van der Waals surface area contributed by atoms with E-state index < -0.39 is 17.1 Å². The van der Waals surface area contributed by atoms with Crippen molar-refractivity contribution in [2.75, 3.05) is 32.0 Å². The summed E-state index contributed by atoms with van der Waals surface area (Å²) in [6.07, 6.45) is 4.29. The number of nitriles is 1. The molecule has 276 valence electrons. The molecule has 53 heavy (non-hydrogen) atoms. The summed E-state index contributed by atoms with van der Waals surface area (Å²) in [5.74, 6) is 0.411. The lowest BCUT2D eigenvalue weighted by atomic mass is 9.72. The summed E-state index contributed by atoms with van der Waals surface area (Å²) in [6.45, 7) is 8.56. The summed E-state index contributed by atoms with van der Waals surface area (Å²) in [4.78, 5) is 42.4. The number of carbonyl (C=O) groups is 3. The first kappa shape index (κ1) is 39.0. The van der Waals surface area contributed by atoms with E-state index in [2.05, 4.69) is 42.8 Å². The summed E-state index contributed by atoms with van der Waals surface area (Å²) < 4.78 is 16.4. The Labute approximate surface area is 318 Å². The molecule has 0 aliphatic heterocycles. The molecule has 0 bridgehead atoms. The third kappa shape index (κ3) is 9.41. The van der Waals surface area contributed by atoms with Crippen LogP contribution in [0.15, 0.2) is 77.3 Å². The number of thioether (sulfide) groups is 1. The maximum atomic E-state index is 13.8. The van der Waals surface area contributed by atoms with Gasteiger partial charge in [0.1, 0.15) is 16.8 Å². The Morgan fingerprint density at radius 2 is 1.66 bits per heavy atom. The van der Waals surface area contributed by atoms with E-state index in [0.29, 0.717) is 50.5 Å². The van der Waals surface area contributed by atoms with E-state index in [4.69, 9.17) is 14.2 Å². The standard InChI is InChI=1S/C41H44N4O6S2/c1-24(37(46)45-40-31(23-42)30-17-16-27(41(2,3)4)21-35(30)53-40)52-29-15-11-14-28(22-29)43-39(48)32(44-38(47)26-12-9-8-10-13-26)18-25-19-33(49-5)36(51-7)34(20-25)50-6/h8-15,18-20,22,24,27H,16-17,21H2,1-7H3,(H,43,48)(H,44,47)(H,45,46)/b32-18+. The Morgan fingerprint density at radius 3 is 2.28 bits per heavy atom. The second kappa shape index (κ2) is 17.1. The van der Waals surface area contributed by atoms with Gasteiger partial charge in [-0.25, -0.2) is 0 Å². The molecule has 1 aliphatic carbocycles. The molecule has 1 aliphatic rings. The molecule has 3 amide bonds. The Kier molecular flexibility index (Phi) is 12.5. The van der Waals surface area contributed by atoms with Gasteiger partial charge in [0.15, 0.2) is 11.5 Å². The van der Waals surface area contributed by atoms with Crippen molar-refractivity contribution < 1.29 is 28.6 Å². The fourth-order valence-electron chi connectivity index (χ4n) is 6.14. The second-order valence-corrected chi connectivity index (χ2v) is 16.2. The van der Waals surface area contributed by atoms with E-state index >= 15 is 0 Å². The number of fused-ring (bicyclic) bond motifs is 1. The molecule has 1 aromatic heterocycles. The van der Waals surface area contributed by atoms with Gasteiger partial charge in [-0.15, -0.1) is 23.1 Å². The number of thiophene rings is 1. The van der Waals surface area contributed by atoms with E-state index in [9.17, 15) is 19.6 Å². The number of carbonyl (C=O) groups excluding carboxylic acids is 3. The number of rotatable bonds is 12. The Balaban J connectivity index is 1.33. The highest BCUT2D eigenvalue weighted by Crippen LogP contribution is 2.44. The van der Waals surface area contributed by atoms with Crippen LogP contribution in [0.25, 0.3) is 6.08 Å². The second-order valence-electron chi connectivity index (χ2n) is 13.7. The van der Waals surface area contributed by atoms with Gasteiger partial charge in [0, 0.05) is 21.0 Å². The van der Waals surface area contributed by atoms with Gasteiger partial charge in [-0.1, -0.05) is 45.0 Å². The number of amides is 3. The van der Waals surface area contributed by atoms with Crippen molar-refractivity contribution in [3.63, 3.8) is 0 Å². The molecule has 3 N–H and O–H groups in total. The maximum Gasteiger partial charge on any atom is 0.272 e. The monoisotopic (exact) mass is 752 g/mol. The van der Waals surface area contributed by atoms with Gasteiger partial charge < -0.3 is 30.2 Å². The maximum absolute atomic E-state index is 13.8. The van der Waals surface area contributed by atoms with Crippen molar-refractivity contribution in [2.24, 2.45) is 11.3 Å². The molecule has 12 heteroatoms. The molecule has 2 unspecified atom stereocenters. The molecule has 10 nitrogen and oxygen atoms in total. The smallest absolute Gasteiger partial charge is 0.272 e. The fraction of sp³-hybridized carbons (Fsp3) is 0.317. The number of hydrogen-bond donors (Lipinski definition) is 3. The normalized spacial score (nSPS) is 14.6. The highest BCUT2D eigenvalue weighted by Gasteiger charge is 2.33. The van der Waals surface area contributed by atoms with E-state index in [0.717, 1.165) is 29.7 Å². The third-order valence-corrected chi connectivity index (χ3v) is 11.4. The van der Waals surface area contributed by atoms with E-state index in [1.165, 1.54) is 55.4 Å². The van der Waals surface area contributed by atoms with Crippen molar-refractivity contribution >= 4 is 57.6 Å². The van der Waals surface area contributed by atoms with Crippen LogP contribution in [0.3, 0.4) is 0 Å². The SMILES string of the molecule is COc1cc(/C=C(/NC(=O)c2ccccc2)C(=O)Nc2cccc(SC(C)C(=O)Nc3sc4c(c3C#N)CCC(C(C)(C)C)C4)c2)cc(OC)c1OC. The molecule has 0 saturated heterocycles. The Bertz CT molecular complexity index is 2040. The van der Waals surface area contributed by atoms with Crippen LogP contribution in [0.5, 0.6) is 17.2 Å². The molecular weight excluding hydrogens is 709 g/mol. The number of methoxy groups -OCH3 is 3. The summed E-state index contributed by atoms with van der Waals surface area (Å²) in [5.41, 5.74) is 3.13. The van der Waals surface area contributed by atoms with Gasteiger partial charge in [-0.3, -0.25) is 14.4 Å². The first-order valence-electron chi connectivity index (χ1n) is 17.2. The average Bonchev–Trinajstić information content (AvgIpc) is 3.50. The molecule has 0 fully saturated rings. The molecule has 0 saturated carbocycles. The Hall–Kier alpha value is -5.25. The first-order valence-corrected chi connectivity index (χ1v) is 18.9. The van der Waals surface area contributed by atoms with E-state index in [1.54, 1.807) is 67.6 Å². The molecular formula is C41H44N4O6S2. The summed E-state index contributed by atoms with van der Waals surface area (Å²) in [5, 5.41) is 18.7. The van der Waals surface area contributed by atoms with Crippen LogP contribution >= 0.6 is 23.1 Å². The minimum atomic E-state index is -0.574. The number of ether oxygens (including phenoxy) is 3. The topological polar surface area (TPSA) is 139 Å². The van der Waals surface area contributed by atoms with E-state index in [1.807, 2.05) is 6.07 Å². The van der Waals surface area contributed by atoms with Gasteiger partial charge >= 0.3 is 0 Å². The van der Waals surface area contributed by atoms with Crippen molar-refractivity contribution in [1.29, 1.82) is 5.26 Å². The fourth-order valence-corrected chi connectivity index (χ4v) is 8.35. The highest BCUT2D eigenvalue weighted by atomic mass is 32.2. The Morgan fingerprint density at radius 1 is 0.962 bits per heavy atom. The summed E-state index contributed by atoms with van der Waals surface area (Å²) in [6, 6.07) is 21.4. The zero-order chi connectivity index (χ0) is 38.3. The minimum absolute atomic E-state index is 0.0281. The third-order valence-electron chi connectivity index (χ3n) is 9.14. The van der Waals surface area contributed by atoms with Crippen LogP contribution in [0.1, 0.15) is 66.0 Å². The van der Waals surface area contributed by atoms with Crippen molar-refractivity contribution in [3.05, 3.63) is 99.6 Å². The zero-order valence-corrected chi connectivity index (χ0v) is 32.6. The van der Waals surface area contributed by atoms with Crippen LogP contribution in [0.2, 0.25) is 0 Å². The summed E-state index contributed by atoms with van der Waals surface area (Å²) in [7, 11) is 4.48. The minimum Gasteiger partial charge on any atom is -0.493 e. The number of nitrogens with zero attached hydrogens (tertiary/aromatic N) is 1. The lowest BCUT2D eigenvalue weighted by molar-refractivity contribution is -0.115. The van der Waals surface area contributed by atoms with Gasteiger partial charge in [0.25, 0.3) is 11.8 Å². The molecule has 3 aromatic carbocycles. The molecule has 0 spiro atoms. The predicted molar refractivity (Wildman–Crippen MR) is 211 cm³/mol. The first-order chi connectivity index (χ1) is 25.3. The zero-order valence-electron chi connectivity index (χ0n) is 30.9. The lowest BCUT2D eigenvalue weighted by Gasteiger charge is -2.33. The number of nitrogens with one attached hydrogen (secondary N) is 3. The highest BCUT2D eigenvalue weighted by molar-refractivity contribution is 8.00. The lowest BCUT2D eigenvalue weighted by Crippen LogP contribution is -2.30. The van der Waals surface area contributed by atoms with Gasteiger partial charge in [0.05, 0.1) is 32.1 Å². The van der Waals surface area contributed by atoms with Crippen LogP contribution < -0.4 is 30.2 Å². The van der Waals surface area contributed by atoms with Gasteiger partial charge in [-0.05, 0) is 97.2 Å². The van der Waals surface area contributed by atoms with Crippen molar-refractivity contribution in [2.45, 2.75) is 57.1 Å². The average molecular weight is 753 g/mol.